The summed E-state index contributed by atoms with van der Waals surface area (Å²) in [6, 6.07) is 3.59. The molecular formula is C18H19NO4. The van der Waals surface area contributed by atoms with Crippen molar-refractivity contribution in [3.8, 4) is 5.75 Å². The van der Waals surface area contributed by atoms with Crippen molar-refractivity contribution in [2.75, 3.05) is 4.90 Å². The van der Waals surface area contributed by atoms with Crippen LogP contribution in [0.4, 0.5) is 5.69 Å². The summed E-state index contributed by atoms with van der Waals surface area (Å²) in [4.78, 5) is 26.9. The third kappa shape index (κ3) is 1.71. The van der Waals surface area contributed by atoms with Crippen LogP contribution in [-0.2, 0) is 27.2 Å². The SMILES string of the molecule is O=C1C2C3CCC(O3)C2C(=O)N1c1cc2c(cc1O)CCCC2. The standard InChI is InChI=1S/C18H19NO4/c20-12-8-10-4-2-1-3-9(10)7-11(12)19-17(21)15-13-5-6-14(23-13)16(15)18(19)22/h7-8,13-16,20H,1-6H2. The number of fused-ring (bicyclic) bond motifs is 6. The number of phenols is 1. The molecule has 3 saturated heterocycles. The molecule has 23 heavy (non-hydrogen) atoms. The van der Waals surface area contributed by atoms with Gasteiger partial charge in [0.1, 0.15) is 5.75 Å². The van der Waals surface area contributed by atoms with Gasteiger partial charge in [0.25, 0.3) is 0 Å². The molecule has 2 amide bonds. The molecule has 0 aromatic heterocycles. The number of hydrogen-bond acceptors (Lipinski definition) is 4. The monoisotopic (exact) mass is 313 g/mol. The summed E-state index contributed by atoms with van der Waals surface area (Å²) in [5.41, 5.74) is 2.66. The number of anilines is 1. The van der Waals surface area contributed by atoms with Gasteiger partial charge in [-0.2, -0.15) is 0 Å². The summed E-state index contributed by atoms with van der Waals surface area (Å²) < 4.78 is 5.75. The van der Waals surface area contributed by atoms with E-state index in [1.807, 2.05) is 6.07 Å². The van der Waals surface area contributed by atoms with E-state index in [0.29, 0.717) is 5.69 Å². The number of imide groups is 1. The van der Waals surface area contributed by atoms with Crippen LogP contribution < -0.4 is 4.90 Å². The van der Waals surface area contributed by atoms with Crippen LogP contribution in [0.25, 0.3) is 0 Å². The number of carbonyl (C=O) groups excluding carboxylic acids is 2. The predicted octanol–water partition coefficient (Wildman–Crippen LogP) is 1.94. The molecule has 1 aromatic rings. The number of carbonyl (C=O) groups is 2. The van der Waals surface area contributed by atoms with E-state index in [-0.39, 0.29) is 41.6 Å². The Bertz CT molecular complexity index is 700. The maximum atomic E-state index is 12.8. The van der Waals surface area contributed by atoms with Crippen LogP contribution in [0.1, 0.15) is 36.8 Å². The zero-order chi connectivity index (χ0) is 15.7. The summed E-state index contributed by atoms with van der Waals surface area (Å²) in [6.45, 7) is 0. The van der Waals surface area contributed by atoms with Crippen molar-refractivity contribution >= 4 is 17.5 Å². The molecule has 5 nitrogen and oxygen atoms in total. The largest absolute Gasteiger partial charge is 0.506 e. The van der Waals surface area contributed by atoms with E-state index < -0.39 is 0 Å². The third-order valence-corrected chi connectivity index (χ3v) is 5.96. The van der Waals surface area contributed by atoms with Gasteiger partial charge < -0.3 is 9.84 Å². The molecule has 3 aliphatic heterocycles. The Morgan fingerprint density at radius 2 is 1.52 bits per heavy atom. The van der Waals surface area contributed by atoms with Gasteiger partial charge in [-0.15, -0.1) is 0 Å². The number of rotatable bonds is 1. The number of nitrogens with zero attached hydrogens (tertiary/aromatic N) is 1. The molecule has 4 atom stereocenters. The molecule has 0 radical (unpaired) electrons. The fourth-order valence-electron chi connectivity index (χ4n) is 4.89. The minimum Gasteiger partial charge on any atom is -0.506 e. The highest BCUT2D eigenvalue weighted by molar-refractivity contribution is 6.23. The normalized spacial score (nSPS) is 34.9. The van der Waals surface area contributed by atoms with Crippen molar-refractivity contribution in [2.24, 2.45) is 11.8 Å². The first-order chi connectivity index (χ1) is 11.1. The summed E-state index contributed by atoms with van der Waals surface area (Å²) in [5.74, 6) is -1.05. The van der Waals surface area contributed by atoms with Gasteiger partial charge in [0.15, 0.2) is 0 Å². The van der Waals surface area contributed by atoms with Gasteiger partial charge >= 0.3 is 0 Å². The highest BCUT2D eigenvalue weighted by Gasteiger charge is 2.62. The van der Waals surface area contributed by atoms with Crippen LogP contribution in [-0.4, -0.2) is 29.1 Å². The second-order valence-corrected chi connectivity index (χ2v) is 7.17. The number of aromatic hydroxyl groups is 1. The van der Waals surface area contributed by atoms with Crippen molar-refractivity contribution in [2.45, 2.75) is 50.7 Å². The zero-order valence-corrected chi connectivity index (χ0v) is 12.8. The van der Waals surface area contributed by atoms with Gasteiger partial charge in [-0.3, -0.25) is 9.59 Å². The van der Waals surface area contributed by atoms with E-state index in [0.717, 1.165) is 49.7 Å². The lowest BCUT2D eigenvalue weighted by Crippen LogP contribution is -2.34. The van der Waals surface area contributed by atoms with Gasteiger partial charge in [0, 0.05) is 0 Å². The topological polar surface area (TPSA) is 66.8 Å². The fourth-order valence-corrected chi connectivity index (χ4v) is 4.89. The molecule has 5 heteroatoms. The van der Waals surface area contributed by atoms with Crippen LogP contribution in [0.2, 0.25) is 0 Å². The highest BCUT2D eigenvalue weighted by Crippen LogP contribution is 2.50. The Balaban J connectivity index is 1.57. The van der Waals surface area contributed by atoms with E-state index in [1.54, 1.807) is 6.07 Å². The number of ether oxygens (including phenoxy) is 1. The minimum atomic E-state index is -0.350. The van der Waals surface area contributed by atoms with Crippen molar-refractivity contribution < 1.29 is 19.4 Å². The van der Waals surface area contributed by atoms with Crippen LogP contribution in [0.3, 0.4) is 0 Å². The Morgan fingerprint density at radius 1 is 0.957 bits per heavy atom. The molecule has 0 spiro atoms. The molecule has 1 aliphatic carbocycles. The average Bonchev–Trinajstić information content (AvgIpc) is 3.21. The quantitative estimate of drug-likeness (QED) is 0.805. The van der Waals surface area contributed by atoms with E-state index in [2.05, 4.69) is 0 Å². The Labute approximate surface area is 134 Å². The van der Waals surface area contributed by atoms with Crippen LogP contribution >= 0.6 is 0 Å². The first-order valence-corrected chi connectivity index (χ1v) is 8.53. The predicted molar refractivity (Wildman–Crippen MR) is 82.1 cm³/mol. The Morgan fingerprint density at radius 3 is 2.13 bits per heavy atom. The van der Waals surface area contributed by atoms with Crippen LogP contribution in [0.15, 0.2) is 12.1 Å². The maximum Gasteiger partial charge on any atom is 0.240 e. The molecule has 2 bridgehead atoms. The first-order valence-electron chi connectivity index (χ1n) is 8.53. The summed E-state index contributed by atoms with van der Waals surface area (Å²) in [6.07, 6.45) is 5.61. The van der Waals surface area contributed by atoms with Gasteiger partial charge in [-0.05, 0) is 61.8 Å². The molecule has 5 rings (SSSR count). The van der Waals surface area contributed by atoms with Gasteiger partial charge in [-0.25, -0.2) is 4.90 Å². The lowest BCUT2D eigenvalue weighted by atomic mass is 9.81. The highest BCUT2D eigenvalue weighted by atomic mass is 16.5. The molecule has 120 valence electrons. The summed E-state index contributed by atoms with van der Waals surface area (Å²) >= 11 is 0. The number of aryl methyl sites for hydroxylation is 2. The Hall–Kier alpha value is -1.88. The molecular weight excluding hydrogens is 294 g/mol. The van der Waals surface area contributed by atoms with Crippen molar-refractivity contribution in [1.29, 1.82) is 0 Å². The summed E-state index contributed by atoms with van der Waals surface area (Å²) in [5, 5.41) is 10.4. The number of hydrogen-bond donors (Lipinski definition) is 1. The number of amides is 2. The van der Waals surface area contributed by atoms with Crippen molar-refractivity contribution in [3.63, 3.8) is 0 Å². The second kappa shape index (κ2) is 4.57. The molecule has 4 aliphatic rings. The van der Waals surface area contributed by atoms with E-state index in [1.165, 1.54) is 4.90 Å². The first kappa shape index (κ1) is 13.5. The van der Waals surface area contributed by atoms with Gasteiger partial charge in [0.2, 0.25) is 11.8 Å². The van der Waals surface area contributed by atoms with E-state index >= 15 is 0 Å². The molecule has 0 saturated carbocycles. The lowest BCUT2D eigenvalue weighted by molar-refractivity contribution is -0.124. The summed E-state index contributed by atoms with van der Waals surface area (Å²) in [7, 11) is 0. The second-order valence-electron chi connectivity index (χ2n) is 7.17. The maximum absolute atomic E-state index is 12.8. The smallest absolute Gasteiger partial charge is 0.240 e. The zero-order valence-electron chi connectivity index (χ0n) is 12.8. The molecule has 3 heterocycles. The van der Waals surface area contributed by atoms with Crippen molar-refractivity contribution in [1.82, 2.24) is 0 Å². The molecule has 1 aromatic carbocycles. The number of benzene rings is 1. The van der Waals surface area contributed by atoms with Gasteiger partial charge in [-0.1, -0.05) is 0 Å². The lowest BCUT2D eigenvalue weighted by Gasteiger charge is -2.22. The fraction of sp³-hybridized carbons (Fsp3) is 0.556. The van der Waals surface area contributed by atoms with Crippen LogP contribution in [0, 0.1) is 11.8 Å². The van der Waals surface area contributed by atoms with Crippen LogP contribution in [0.5, 0.6) is 5.75 Å². The van der Waals surface area contributed by atoms with Gasteiger partial charge in [0.05, 0.1) is 29.7 Å². The Kier molecular flexibility index (Phi) is 2.69. The van der Waals surface area contributed by atoms with E-state index in [9.17, 15) is 14.7 Å². The molecule has 3 fully saturated rings. The minimum absolute atomic E-state index is 0.0422. The molecule has 4 unspecified atom stereocenters. The average molecular weight is 313 g/mol. The number of phenolic OH excluding ortho intramolecular Hbond substituents is 1. The molecule has 1 N–H and O–H groups in total. The van der Waals surface area contributed by atoms with E-state index in [4.69, 9.17) is 4.74 Å². The third-order valence-electron chi connectivity index (χ3n) is 5.96. The van der Waals surface area contributed by atoms with Crippen molar-refractivity contribution in [3.05, 3.63) is 23.3 Å².